The number of carbonyl (C=O) groups excluding carboxylic acids is 1. The quantitative estimate of drug-likeness (QED) is 0.837. The zero-order chi connectivity index (χ0) is 18.4. The molecule has 5 nitrogen and oxygen atoms in total. The summed E-state index contributed by atoms with van der Waals surface area (Å²) in [6.45, 7) is 5.65. The molecule has 1 amide bonds. The molecule has 0 spiro atoms. The lowest BCUT2D eigenvalue weighted by Gasteiger charge is -2.37. The van der Waals surface area contributed by atoms with Crippen LogP contribution in [-0.4, -0.2) is 29.6 Å². The van der Waals surface area contributed by atoms with Gasteiger partial charge in [-0.2, -0.15) is 0 Å². The molecule has 2 aromatic rings. The number of ether oxygens (including phenoxy) is 1. The average molecular weight is 353 g/mol. The van der Waals surface area contributed by atoms with Crippen molar-refractivity contribution in [3.8, 4) is 5.75 Å². The third-order valence-corrected chi connectivity index (χ3v) is 4.98. The van der Waals surface area contributed by atoms with Gasteiger partial charge < -0.3 is 15.4 Å². The summed E-state index contributed by atoms with van der Waals surface area (Å²) in [6, 6.07) is 11.7. The van der Waals surface area contributed by atoms with Gasteiger partial charge in [-0.3, -0.25) is 9.78 Å². The van der Waals surface area contributed by atoms with Gasteiger partial charge in [-0.05, 0) is 56.3 Å². The Morgan fingerprint density at radius 3 is 2.46 bits per heavy atom. The molecule has 1 aliphatic rings. The minimum absolute atomic E-state index is 0.0387. The molecule has 0 radical (unpaired) electrons. The molecule has 2 N–H and O–H groups in total. The van der Waals surface area contributed by atoms with E-state index in [1.54, 1.807) is 12.4 Å². The number of nitrogens with one attached hydrogen (secondary N) is 2. The van der Waals surface area contributed by atoms with Gasteiger partial charge in [0.15, 0.2) is 5.60 Å². The molecule has 2 heterocycles. The number of amides is 1. The maximum Gasteiger partial charge on any atom is 0.264 e. The molecule has 1 atom stereocenters. The van der Waals surface area contributed by atoms with Gasteiger partial charge in [-0.25, -0.2) is 0 Å². The molecule has 5 heteroatoms. The Balaban J connectivity index is 1.79. The lowest BCUT2D eigenvalue weighted by atomic mass is 9.90. The van der Waals surface area contributed by atoms with E-state index < -0.39 is 5.60 Å². The lowest BCUT2D eigenvalue weighted by Crippen LogP contribution is -2.57. The Kier molecular flexibility index (Phi) is 5.89. The van der Waals surface area contributed by atoms with E-state index in [0.717, 1.165) is 30.8 Å². The number of hydrogen-bond donors (Lipinski definition) is 2. The first-order chi connectivity index (χ1) is 12.6. The van der Waals surface area contributed by atoms with E-state index in [1.165, 1.54) is 5.56 Å². The molecule has 1 fully saturated rings. The first-order valence-corrected chi connectivity index (χ1v) is 9.30. The van der Waals surface area contributed by atoms with Crippen LogP contribution in [0.1, 0.15) is 43.4 Å². The van der Waals surface area contributed by atoms with Crippen LogP contribution in [-0.2, 0) is 4.79 Å². The Bertz CT molecular complexity index is 710. The molecule has 1 aromatic carbocycles. The topological polar surface area (TPSA) is 63.2 Å². The first kappa shape index (κ1) is 18.4. The number of aromatic nitrogens is 1. The van der Waals surface area contributed by atoms with E-state index in [9.17, 15) is 4.79 Å². The molecule has 1 aromatic heterocycles. The number of benzene rings is 1. The van der Waals surface area contributed by atoms with Crippen molar-refractivity contribution in [1.82, 2.24) is 15.6 Å². The van der Waals surface area contributed by atoms with Crippen LogP contribution in [0.15, 0.2) is 48.8 Å². The lowest BCUT2D eigenvalue weighted by molar-refractivity contribution is -0.140. The molecule has 0 aliphatic carbocycles. The van der Waals surface area contributed by atoms with Crippen molar-refractivity contribution in [2.75, 3.05) is 13.1 Å². The smallest absolute Gasteiger partial charge is 0.264 e. The molecular weight excluding hydrogens is 326 g/mol. The predicted octanol–water partition coefficient (Wildman–Crippen LogP) is 3.16. The van der Waals surface area contributed by atoms with Crippen LogP contribution in [0, 0.1) is 6.92 Å². The molecule has 26 heavy (non-hydrogen) atoms. The van der Waals surface area contributed by atoms with Crippen LogP contribution in [0.5, 0.6) is 5.75 Å². The Hall–Kier alpha value is -2.40. The van der Waals surface area contributed by atoms with Crippen LogP contribution in [0.2, 0.25) is 0 Å². The van der Waals surface area contributed by atoms with Crippen LogP contribution in [0.3, 0.4) is 0 Å². The zero-order valence-corrected chi connectivity index (χ0v) is 15.5. The van der Waals surface area contributed by atoms with Gasteiger partial charge in [0.2, 0.25) is 0 Å². The summed E-state index contributed by atoms with van der Waals surface area (Å²) in [4.78, 5) is 17.3. The summed E-state index contributed by atoms with van der Waals surface area (Å²) in [5, 5.41) is 6.53. The highest BCUT2D eigenvalue weighted by Gasteiger charge is 2.42. The second-order valence-electron chi connectivity index (χ2n) is 6.87. The Morgan fingerprint density at radius 1 is 1.19 bits per heavy atom. The molecule has 0 saturated carbocycles. The first-order valence-electron chi connectivity index (χ1n) is 9.30. The molecule has 1 saturated heterocycles. The number of nitrogens with zero attached hydrogens (tertiary/aromatic N) is 1. The average Bonchev–Trinajstić information content (AvgIpc) is 2.69. The Labute approximate surface area is 155 Å². The van der Waals surface area contributed by atoms with Crippen LogP contribution >= 0.6 is 0 Å². The fourth-order valence-corrected chi connectivity index (χ4v) is 3.34. The van der Waals surface area contributed by atoms with Crippen LogP contribution < -0.4 is 15.4 Å². The van der Waals surface area contributed by atoms with Gasteiger partial charge in [0.25, 0.3) is 5.91 Å². The molecule has 3 rings (SSSR count). The van der Waals surface area contributed by atoms with Crippen LogP contribution in [0.4, 0.5) is 0 Å². The monoisotopic (exact) mass is 353 g/mol. The third kappa shape index (κ3) is 4.22. The zero-order valence-electron chi connectivity index (χ0n) is 15.5. The second-order valence-corrected chi connectivity index (χ2v) is 6.87. The van der Waals surface area contributed by atoms with E-state index in [0.29, 0.717) is 12.8 Å². The van der Waals surface area contributed by atoms with Gasteiger partial charge in [0, 0.05) is 25.2 Å². The van der Waals surface area contributed by atoms with Crippen molar-refractivity contribution < 1.29 is 9.53 Å². The molecule has 0 unspecified atom stereocenters. The van der Waals surface area contributed by atoms with Crippen molar-refractivity contribution in [3.05, 3.63) is 59.9 Å². The maximum absolute atomic E-state index is 13.3. The number of carbonyl (C=O) groups is 1. The summed E-state index contributed by atoms with van der Waals surface area (Å²) in [7, 11) is 0. The highest BCUT2D eigenvalue weighted by Crippen LogP contribution is 2.28. The highest BCUT2D eigenvalue weighted by molar-refractivity contribution is 5.86. The van der Waals surface area contributed by atoms with E-state index in [4.69, 9.17) is 4.74 Å². The van der Waals surface area contributed by atoms with E-state index in [2.05, 4.69) is 22.5 Å². The summed E-state index contributed by atoms with van der Waals surface area (Å²) >= 11 is 0. The van der Waals surface area contributed by atoms with Crippen molar-refractivity contribution in [1.29, 1.82) is 0 Å². The second kappa shape index (κ2) is 8.32. The van der Waals surface area contributed by atoms with E-state index in [1.807, 2.05) is 43.3 Å². The van der Waals surface area contributed by atoms with Crippen molar-refractivity contribution in [2.24, 2.45) is 0 Å². The largest absolute Gasteiger partial charge is 0.477 e. The third-order valence-electron chi connectivity index (χ3n) is 4.98. The summed E-state index contributed by atoms with van der Waals surface area (Å²) in [5.41, 5.74) is 1.40. The maximum atomic E-state index is 13.3. The number of piperidine rings is 1. The van der Waals surface area contributed by atoms with Crippen molar-refractivity contribution >= 4 is 5.91 Å². The van der Waals surface area contributed by atoms with E-state index in [-0.39, 0.29) is 11.9 Å². The number of pyridine rings is 1. The summed E-state index contributed by atoms with van der Waals surface area (Å²) in [6.07, 6.45) is 5.63. The van der Waals surface area contributed by atoms with Crippen molar-refractivity contribution in [2.45, 2.75) is 44.8 Å². The van der Waals surface area contributed by atoms with Crippen molar-refractivity contribution in [3.63, 3.8) is 0 Å². The molecular formula is C21H27N3O2. The Morgan fingerprint density at radius 2 is 1.85 bits per heavy atom. The van der Waals surface area contributed by atoms with Crippen LogP contribution in [0.25, 0.3) is 0 Å². The fourth-order valence-electron chi connectivity index (χ4n) is 3.34. The molecule has 0 bridgehead atoms. The number of hydrogen-bond acceptors (Lipinski definition) is 4. The van der Waals surface area contributed by atoms with Gasteiger partial charge in [-0.15, -0.1) is 0 Å². The number of aryl methyl sites for hydroxylation is 1. The predicted molar refractivity (Wildman–Crippen MR) is 102 cm³/mol. The summed E-state index contributed by atoms with van der Waals surface area (Å²) in [5.74, 6) is 0.702. The van der Waals surface area contributed by atoms with Gasteiger partial charge in [-0.1, -0.05) is 24.6 Å². The minimum Gasteiger partial charge on any atom is -0.477 e. The normalized spacial score (nSPS) is 17.3. The summed E-state index contributed by atoms with van der Waals surface area (Å²) < 4.78 is 6.28. The SMILES string of the molecule is CC[C@@H](NC(=O)C1(Oc2ccc(C)cc2)CCNCC1)c1ccncc1. The van der Waals surface area contributed by atoms with Gasteiger partial charge in [0.1, 0.15) is 5.75 Å². The van der Waals surface area contributed by atoms with Gasteiger partial charge in [0.05, 0.1) is 6.04 Å². The van der Waals surface area contributed by atoms with Gasteiger partial charge >= 0.3 is 0 Å². The highest BCUT2D eigenvalue weighted by atomic mass is 16.5. The molecule has 1 aliphatic heterocycles. The molecule has 138 valence electrons. The van der Waals surface area contributed by atoms with E-state index >= 15 is 0 Å². The fraction of sp³-hybridized carbons (Fsp3) is 0.429. The standard InChI is InChI=1S/C21H27N3O2/c1-3-19(17-8-12-22-13-9-17)24-20(25)21(10-14-23-15-11-21)26-18-6-4-16(2)5-7-18/h4-9,12-13,19,23H,3,10-11,14-15H2,1-2H3,(H,24,25)/t19-/m1/s1. The number of rotatable bonds is 6. The minimum atomic E-state index is -0.832.